The Balaban J connectivity index is 1.92. The number of rotatable bonds is 4. The van der Waals surface area contributed by atoms with Crippen LogP contribution in [0.3, 0.4) is 0 Å². The van der Waals surface area contributed by atoms with E-state index in [1.807, 2.05) is 48.5 Å². The van der Waals surface area contributed by atoms with Gasteiger partial charge < -0.3 is 0 Å². The first-order valence-electron chi connectivity index (χ1n) is 8.18. The lowest BCUT2D eigenvalue weighted by Crippen LogP contribution is -2.08. The maximum atomic E-state index is 11.3. The van der Waals surface area contributed by atoms with Crippen molar-refractivity contribution in [3.05, 3.63) is 92.3 Å². The second-order valence-electron chi connectivity index (χ2n) is 5.88. The van der Waals surface area contributed by atoms with Gasteiger partial charge in [0.1, 0.15) is 11.0 Å². The summed E-state index contributed by atoms with van der Waals surface area (Å²) in [7, 11) is 0. The molecule has 1 N–H and O–H groups in total. The Labute approximate surface area is 161 Å². The van der Waals surface area contributed by atoms with Crippen LogP contribution in [0, 0.1) is 20.2 Å². The first kappa shape index (κ1) is 17.6. The molecular formula is C19H12N4O4S. The summed E-state index contributed by atoms with van der Waals surface area (Å²) >= 11 is 1.63. The van der Waals surface area contributed by atoms with Crippen LogP contribution < -0.4 is 10.8 Å². The van der Waals surface area contributed by atoms with Gasteiger partial charge in [0, 0.05) is 26.2 Å². The topological polar surface area (TPSA) is 111 Å². The normalized spacial score (nSPS) is 10.7. The molecule has 0 unspecified atom stereocenters. The van der Waals surface area contributed by atoms with Crippen LogP contribution in [0.2, 0.25) is 0 Å². The van der Waals surface area contributed by atoms with Gasteiger partial charge in [-0.15, -0.1) is 11.3 Å². The quantitative estimate of drug-likeness (QED) is 0.305. The lowest BCUT2D eigenvalue weighted by Gasteiger charge is -2.05. The van der Waals surface area contributed by atoms with Gasteiger partial charge in [-0.05, 0) is 18.2 Å². The number of nitro groups is 2. The van der Waals surface area contributed by atoms with Crippen molar-refractivity contribution in [3.63, 3.8) is 0 Å². The van der Waals surface area contributed by atoms with Crippen molar-refractivity contribution in [2.75, 3.05) is 5.43 Å². The molecule has 0 aliphatic rings. The van der Waals surface area contributed by atoms with E-state index < -0.39 is 15.5 Å². The molecule has 0 bridgehead atoms. The van der Waals surface area contributed by atoms with E-state index in [1.54, 1.807) is 11.3 Å². The number of nitrogens with one attached hydrogen (secondary N) is 1. The predicted molar refractivity (Wildman–Crippen MR) is 108 cm³/mol. The molecule has 3 aromatic carbocycles. The van der Waals surface area contributed by atoms with Gasteiger partial charge in [0.2, 0.25) is 0 Å². The maximum Gasteiger partial charge on any atom is 0.301 e. The van der Waals surface area contributed by atoms with Gasteiger partial charge in [-0.25, -0.2) is 0 Å². The van der Waals surface area contributed by atoms with Crippen LogP contribution in [0.25, 0.3) is 20.2 Å². The summed E-state index contributed by atoms with van der Waals surface area (Å²) in [4.78, 5) is 20.9. The summed E-state index contributed by atoms with van der Waals surface area (Å²) in [6, 6.07) is 18.9. The van der Waals surface area contributed by atoms with Crippen LogP contribution in [0.15, 0.2) is 71.8 Å². The Kier molecular flexibility index (Phi) is 4.42. The molecule has 0 radical (unpaired) electrons. The molecule has 0 aliphatic carbocycles. The molecule has 1 aromatic heterocycles. The van der Waals surface area contributed by atoms with Gasteiger partial charge in [0.05, 0.1) is 15.9 Å². The number of non-ortho nitro benzene ring substituents is 1. The Morgan fingerprint density at radius 3 is 2.00 bits per heavy atom. The Morgan fingerprint density at radius 1 is 0.821 bits per heavy atom. The zero-order valence-corrected chi connectivity index (χ0v) is 15.1. The lowest BCUT2D eigenvalue weighted by molar-refractivity contribution is -0.393. The second kappa shape index (κ2) is 7.05. The minimum Gasteiger partial charge on any atom is -0.271 e. The largest absolute Gasteiger partial charge is 0.301 e. The third-order valence-electron chi connectivity index (χ3n) is 4.18. The zero-order valence-electron chi connectivity index (χ0n) is 14.2. The predicted octanol–water partition coefficient (Wildman–Crippen LogP) is 4.80. The van der Waals surface area contributed by atoms with Gasteiger partial charge in [-0.1, -0.05) is 36.4 Å². The monoisotopic (exact) mass is 392 g/mol. The molecule has 0 amide bonds. The molecule has 0 fully saturated rings. The van der Waals surface area contributed by atoms with Gasteiger partial charge in [0.25, 0.3) is 5.69 Å². The van der Waals surface area contributed by atoms with E-state index in [4.69, 9.17) is 0 Å². The average Bonchev–Trinajstić information content (AvgIpc) is 2.70. The van der Waals surface area contributed by atoms with E-state index in [0.717, 1.165) is 26.2 Å². The van der Waals surface area contributed by atoms with Crippen LogP contribution in [-0.4, -0.2) is 9.85 Å². The molecule has 138 valence electrons. The third-order valence-corrected chi connectivity index (χ3v) is 5.33. The highest BCUT2D eigenvalue weighted by atomic mass is 32.1. The Bertz CT molecular complexity index is 1260. The highest BCUT2D eigenvalue weighted by Crippen LogP contribution is 2.29. The number of anilines is 1. The SMILES string of the molecule is O=[N+]([O-])c1ccc(NN=c2c3ccccc3sc3ccccc23)c([N+](=O)[O-])c1. The van der Waals surface area contributed by atoms with E-state index in [0.29, 0.717) is 5.36 Å². The van der Waals surface area contributed by atoms with Gasteiger partial charge in [-0.3, -0.25) is 25.7 Å². The van der Waals surface area contributed by atoms with Crippen LogP contribution in [0.4, 0.5) is 17.1 Å². The van der Waals surface area contributed by atoms with Crippen molar-refractivity contribution in [2.24, 2.45) is 5.10 Å². The number of nitro benzene ring substituents is 2. The molecule has 28 heavy (non-hydrogen) atoms. The smallest absolute Gasteiger partial charge is 0.271 e. The van der Waals surface area contributed by atoms with E-state index >= 15 is 0 Å². The summed E-state index contributed by atoms with van der Waals surface area (Å²) in [5.41, 5.74) is 2.04. The van der Waals surface area contributed by atoms with Gasteiger partial charge in [0.15, 0.2) is 0 Å². The maximum absolute atomic E-state index is 11.3. The summed E-state index contributed by atoms with van der Waals surface area (Å²) < 4.78 is 2.06. The lowest BCUT2D eigenvalue weighted by atomic mass is 10.2. The molecular weight excluding hydrogens is 380 g/mol. The molecule has 9 heteroatoms. The Hall–Kier alpha value is -3.85. The summed E-state index contributed by atoms with van der Waals surface area (Å²) in [6.45, 7) is 0. The van der Waals surface area contributed by atoms with Crippen LogP contribution >= 0.6 is 11.3 Å². The van der Waals surface area contributed by atoms with E-state index in [2.05, 4.69) is 10.5 Å². The van der Waals surface area contributed by atoms with Crippen molar-refractivity contribution in [2.45, 2.75) is 0 Å². The Morgan fingerprint density at radius 2 is 1.43 bits per heavy atom. The van der Waals surface area contributed by atoms with E-state index in [-0.39, 0.29) is 11.4 Å². The molecule has 4 rings (SSSR count). The minimum absolute atomic E-state index is 0.0799. The highest BCUT2D eigenvalue weighted by molar-refractivity contribution is 7.24. The molecule has 1 heterocycles. The fourth-order valence-electron chi connectivity index (χ4n) is 2.88. The molecule has 0 saturated carbocycles. The zero-order chi connectivity index (χ0) is 19.7. The second-order valence-corrected chi connectivity index (χ2v) is 6.97. The third kappa shape index (κ3) is 3.14. The molecule has 4 aromatic rings. The minimum atomic E-state index is -0.673. The summed E-state index contributed by atoms with van der Waals surface area (Å²) in [5.74, 6) is 0. The summed E-state index contributed by atoms with van der Waals surface area (Å²) in [5, 5.41) is 29.1. The van der Waals surface area contributed by atoms with Gasteiger partial charge >= 0.3 is 5.69 Å². The molecule has 0 atom stereocenters. The molecule has 0 aliphatic heterocycles. The average molecular weight is 392 g/mol. The number of nitrogens with zero attached hydrogens (tertiary/aromatic N) is 3. The number of fused-ring (bicyclic) bond motifs is 2. The fourth-order valence-corrected chi connectivity index (χ4v) is 3.96. The number of hydrogen-bond donors (Lipinski definition) is 1. The standard InChI is InChI=1S/C19H12N4O4S/c24-22(25)12-9-10-15(16(11-12)23(26)27)20-21-19-13-5-1-3-7-17(13)28-18-8-4-2-6-14(18)19/h1-11,20H. The van der Waals surface area contributed by atoms with Crippen molar-refractivity contribution >= 4 is 48.6 Å². The first-order chi connectivity index (χ1) is 13.5. The van der Waals surface area contributed by atoms with E-state index in [9.17, 15) is 20.2 Å². The van der Waals surface area contributed by atoms with E-state index in [1.165, 1.54) is 12.1 Å². The molecule has 0 saturated heterocycles. The molecule has 8 nitrogen and oxygen atoms in total. The van der Waals surface area contributed by atoms with Crippen molar-refractivity contribution in [1.29, 1.82) is 0 Å². The van der Waals surface area contributed by atoms with Crippen molar-refractivity contribution in [1.82, 2.24) is 0 Å². The van der Waals surface area contributed by atoms with Crippen molar-refractivity contribution < 1.29 is 9.85 Å². The van der Waals surface area contributed by atoms with Crippen LogP contribution in [0.5, 0.6) is 0 Å². The van der Waals surface area contributed by atoms with Gasteiger partial charge in [-0.2, -0.15) is 5.10 Å². The van der Waals surface area contributed by atoms with Crippen LogP contribution in [0.1, 0.15) is 0 Å². The fraction of sp³-hybridized carbons (Fsp3) is 0. The van der Waals surface area contributed by atoms with Crippen molar-refractivity contribution in [3.8, 4) is 0 Å². The number of hydrogen-bond acceptors (Lipinski definition) is 7. The number of benzene rings is 3. The van der Waals surface area contributed by atoms with Crippen LogP contribution in [-0.2, 0) is 0 Å². The first-order valence-corrected chi connectivity index (χ1v) is 8.99. The highest BCUT2D eigenvalue weighted by Gasteiger charge is 2.19. The summed E-state index contributed by atoms with van der Waals surface area (Å²) in [6.07, 6.45) is 0. The molecule has 0 spiro atoms.